The van der Waals surface area contributed by atoms with E-state index in [0.717, 1.165) is 42.9 Å². The van der Waals surface area contributed by atoms with Crippen molar-refractivity contribution in [1.82, 2.24) is 9.55 Å². The SMILES string of the molecule is CCCSc1nc(=O)n(C2CCCCC2)c2c1CCC2. The van der Waals surface area contributed by atoms with Gasteiger partial charge in [-0.1, -0.05) is 26.2 Å². The van der Waals surface area contributed by atoms with Gasteiger partial charge in [0.05, 0.1) is 0 Å². The summed E-state index contributed by atoms with van der Waals surface area (Å²) < 4.78 is 2.07. The first-order valence-electron chi connectivity index (χ1n) is 8.08. The lowest BCUT2D eigenvalue weighted by Crippen LogP contribution is -2.31. The first-order valence-corrected chi connectivity index (χ1v) is 9.07. The summed E-state index contributed by atoms with van der Waals surface area (Å²) in [6.07, 6.45) is 10.7. The Labute approximate surface area is 125 Å². The summed E-state index contributed by atoms with van der Waals surface area (Å²) >= 11 is 1.77. The average molecular weight is 292 g/mol. The molecular formula is C16H24N2OS. The molecule has 0 aliphatic heterocycles. The molecule has 2 aliphatic carbocycles. The van der Waals surface area contributed by atoms with Crippen LogP contribution in [0.3, 0.4) is 0 Å². The van der Waals surface area contributed by atoms with E-state index in [9.17, 15) is 4.79 Å². The molecule has 1 heterocycles. The van der Waals surface area contributed by atoms with E-state index in [2.05, 4.69) is 16.5 Å². The quantitative estimate of drug-likeness (QED) is 0.626. The van der Waals surface area contributed by atoms with Gasteiger partial charge in [0.15, 0.2) is 0 Å². The molecule has 0 bridgehead atoms. The van der Waals surface area contributed by atoms with Crippen LogP contribution in [-0.2, 0) is 12.8 Å². The van der Waals surface area contributed by atoms with Crippen LogP contribution in [0.1, 0.15) is 69.2 Å². The lowest BCUT2D eigenvalue weighted by molar-refractivity contribution is 0.334. The van der Waals surface area contributed by atoms with Crippen LogP contribution in [0.15, 0.2) is 9.82 Å². The number of hydrogen-bond acceptors (Lipinski definition) is 3. The van der Waals surface area contributed by atoms with Crippen molar-refractivity contribution in [2.45, 2.75) is 75.8 Å². The van der Waals surface area contributed by atoms with Crippen LogP contribution in [0.25, 0.3) is 0 Å². The highest BCUT2D eigenvalue weighted by Gasteiger charge is 2.26. The summed E-state index contributed by atoms with van der Waals surface area (Å²) in [4.78, 5) is 16.9. The summed E-state index contributed by atoms with van der Waals surface area (Å²) in [6, 6.07) is 0.417. The van der Waals surface area contributed by atoms with Crippen molar-refractivity contribution in [3.8, 4) is 0 Å². The number of nitrogens with zero attached hydrogens (tertiary/aromatic N) is 2. The summed E-state index contributed by atoms with van der Waals surface area (Å²) in [5.41, 5.74) is 2.71. The molecule has 1 aromatic heterocycles. The van der Waals surface area contributed by atoms with Crippen molar-refractivity contribution in [3.05, 3.63) is 21.7 Å². The normalized spacial score (nSPS) is 19.2. The molecule has 0 atom stereocenters. The van der Waals surface area contributed by atoms with E-state index >= 15 is 0 Å². The molecule has 20 heavy (non-hydrogen) atoms. The molecule has 0 N–H and O–H groups in total. The van der Waals surface area contributed by atoms with E-state index in [0.29, 0.717) is 6.04 Å². The Morgan fingerprint density at radius 1 is 1.20 bits per heavy atom. The number of rotatable bonds is 4. The Morgan fingerprint density at radius 2 is 2.00 bits per heavy atom. The molecule has 0 unspecified atom stereocenters. The van der Waals surface area contributed by atoms with E-state index in [4.69, 9.17) is 0 Å². The molecule has 3 nitrogen and oxygen atoms in total. The summed E-state index contributed by atoms with van der Waals surface area (Å²) in [7, 11) is 0. The molecule has 0 saturated heterocycles. The third-order valence-corrected chi connectivity index (χ3v) is 5.75. The molecule has 0 aromatic carbocycles. The summed E-state index contributed by atoms with van der Waals surface area (Å²) in [5, 5.41) is 1.02. The minimum atomic E-state index is 0.0103. The maximum absolute atomic E-state index is 12.5. The molecule has 1 saturated carbocycles. The van der Waals surface area contributed by atoms with E-state index < -0.39 is 0 Å². The van der Waals surface area contributed by atoms with E-state index in [-0.39, 0.29) is 5.69 Å². The highest BCUT2D eigenvalue weighted by atomic mass is 32.2. The van der Waals surface area contributed by atoms with Crippen LogP contribution in [-0.4, -0.2) is 15.3 Å². The number of hydrogen-bond donors (Lipinski definition) is 0. The average Bonchev–Trinajstić information content (AvgIpc) is 2.95. The maximum atomic E-state index is 12.5. The van der Waals surface area contributed by atoms with Crippen LogP contribution in [0.2, 0.25) is 0 Å². The Kier molecular flexibility index (Phi) is 4.49. The maximum Gasteiger partial charge on any atom is 0.349 e. The van der Waals surface area contributed by atoms with Gasteiger partial charge in [-0.25, -0.2) is 4.79 Å². The first-order chi connectivity index (χ1) is 9.81. The van der Waals surface area contributed by atoms with Crippen LogP contribution < -0.4 is 5.69 Å². The van der Waals surface area contributed by atoms with Gasteiger partial charge in [0.1, 0.15) is 5.03 Å². The van der Waals surface area contributed by atoms with Gasteiger partial charge in [0, 0.05) is 17.3 Å². The topological polar surface area (TPSA) is 34.9 Å². The van der Waals surface area contributed by atoms with Gasteiger partial charge < -0.3 is 0 Å². The van der Waals surface area contributed by atoms with Crippen molar-refractivity contribution in [2.24, 2.45) is 0 Å². The second-order valence-corrected chi connectivity index (χ2v) is 7.07. The fourth-order valence-corrected chi connectivity index (χ4v) is 4.52. The Balaban J connectivity index is 1.99. The summed E-state index contributed by atoms with van der Waals surface area (Å²) in [5.74, 6) is 1.06. The minimum Gasteiger partial charge on any atom is -0.293 e. The molecule has 1 aromatic rings. The predicted octanol–water partition coefficient (Wildman–Crippen LogP) is 3.74. The van der Waals surface area contributed by atoms with E-state index in [1.54, 1.807) is 11.8 Å². The summed E-state index contributed by atoms with van der Waals surface area (Å²) in [6.45, 7) is 2.18. The Hall–Kier alpha value is -0.770. The van der Waals surface area contributed by atoms with Gasteiger partial charge in [-0.2, -0.15) is 4.98 Å². The lowest BCUT2D eigenvalue weighted by atomic mass is 9.95. The lowest BCUT2D eigenvalue weighted by Gasteiger charge is -2.26. The number of thioether (sulfide) groups is 1. The molecule has 2 aliphatic rings. The fourth-order valence-electron chi connectivity index (χ4n) is 3.58. The standard InChI is InChI=1S/C16H24N2OS/c1-2-11-20-15-13-9-6-10-14(13)18(16(19)17-15)12-7-4-3-5-8-12/h12H,2-11H2,1H3. The molecule has 4 heteroatoms. The highest BCUT2D eigenvalue weighted by Crippen LogP contribution is 2.34. The second kappa shape index (κ2) is 6.33. The van der Waals surface area contributed by atoms with Gasteiger partial charge >= 0.3 is 5.69 Å². The van der Waals surface area contributed by atoms with E-state index in [1.165, 1.54) is 36.9 Å². The van der Waals surface area contributed by atoms with E-state index in [1.807, 2.05) is 0 Å². The minimum absolute atomic E-state index is 0.0103. The fraction of sp³-hybridized carbons (Fsp3) is 0.750. The zero-order valence-electron chi connectivity index (χ0n) is 12.4. The van der Waals surface area contributed by atoms with Crippen molar-refractivity contribution in [1.29, 1.82) is 0 Å². The third-order valence-electron chi connectivity index (χ3n) is 4.52. The Bertz CT molecular complexity index is 532. The van der Waals surface area contributed by atoms with Crippen molar-refractivity contribution in [2.75, 3.05) is 5.75 Å². The van der Waals surface area contributed by atoms with Crippen molar-refractivity contribution >= 4 is 11.8 Å². The second-order valence-electron chi connectivity index (χ2n) is 5.99. The first kappa shape index (κ1) is 14.2. The van der Waals surface area contributed by atoms with Gasteiger partial charge in [0.2, 0.25) is 0 Å². The zero-order chi connectivity index (χ0) is 13.9. The van der Waals surface area contributed by atoms with Crippen LogP contribution in [0.4, 0.5) is 0 Å². The smallest absolute Gasteiger partial charge is 0.293 e. The molecule has 110 valence electrons. The molecule has 0 spiro atoms. The van der Waals surface area contributed by atoms with Crippen LogP contribution >= 0.6 is 11.8 Å². The van der Waals surface area contributed by atoms with Crippen molar-refractivity contribution < 1.29 is 0 Å². The van der Waals surface area contributed by atoms with Gasteiger partial charge in [0.25, 0.3) is 0 Å². The van der Waals surface area contributed by atoms with Gasteiger partial charge in [-0.3, -0.25) is 4.57 Å². The molecular weight excluding hydrogens is 268 g/mol. The largest absolute Gasteiger partial charge is 0.349 e. The number of fused-ring (bicyclic) bond motifs is 1. The highest BCUT2D eigenvalue weighted by molar-refractivity contribution is 7.99. The molecule has 0 radical (unpaired) electrons. The predicted molar refractivity (Wildman–Crippen MR) is 83.7 cm³/mol. The van der Waals surface area contributed by atoms with Gasteiger partial charge in [-0.05, 0) is 44.3 Å². The monoisotopic (exact) mass is 292 g/mol. The number of aromatic nitrogens is 2. The van der Waals surface area contributed by atoms with Crippen LogP contribution in [0.5, 0.6) is 0 Å². The zero-order valence-corrected chi connectivity index (χ0v) is 13.2. The molecule has 0 amide bonds. The van der Waals surface area contributed by atoms with Crippen molar-refractivity contribution in [3.63, 3.8) is 0 Å². The Morgan fingerprint density at radius 3 is 2.75 bits per heavy atom. The van der Waals surface area contributed by atoms with Gasteiger partial charge in [-0.15, -0.1) is 11.8 Å². The molecule has 3 rings (SSSR count). The third kappa shape index (κ3) is 2.67. The molecule has 1 fully saturated rings. The van der Waals surface area contributed by atoms with Crippen LogP contribution in [0, 0.1) is 0 Å².